The van der Waals surface area contributed by atoms with Crippen molar-refractivity contribution in [1.82, 2.24) is 0 Å². The summed E-state index contributed by atoms with van der Waals surface area (Å²) in [6, 6.07) is 6.27. The van der Waals surface area contributed by atoms with Crippen LogP contribution in [0.15, 0.2) is 30.9 Å². The first-order chi connectivity index (χ1) is 7.06. The SMILES string of the molecule is C=CCc1ccc(C(N)N)c(C(C)C)c1. The second-order valence-corrected chi connectivity index (χ2v) is 4.14. The number of rotatable bonds is 4. The maximum Gasteiger partial charge on any atom is 0.0787 e. The van der Waals surface area contributed by atoms with E-state index in [1.54, 1.807) is 0 Å². The summed E-state index contributed by atoms with van der Waals surface area (Å²) in [7, 11) is 0. The molecule has 1 rings (SSSR count). The molecule has 1 aromatic rings. The summed E-state index contributed by atoms with van der Waals surface area (Å²) in [6.45, 7) is 8.04. The lowest BCUT2D eigenvalue weighted by Crippen LogP contribution is -2.22. The van der Waals surface area contributed by atoms with Gasteiger partial charge in [0.15, 0.2) is 0 Å². The Morgan fingerprint density at radius 2 is 1.93 bits per heavy atom. The molecule has 0 spiro atoms. The summed E-state index contributed by atoms with van der Waals surface area (Å²) in [5.41, 5.74) is 15.0. The van der Waals surface area contributed by atoms with Crippen molar-refractivity contribution >= 4 is 0 Å². The molecule has 0 aromatic heterocycles. The predicted octanol–water partition coefficient (Wildman–Crippen LogP) is 2.45. The second-order valence-electron chi connectivity index (χ2n) is 4.14. The van der Waals surface area contributed by atoms with Gasteiger partial charge in [-0.2, -0.15) is 0 Å². The highest BCUT2D eigenvalue weighted by Gasteiger charge is 2.10. The third kappa shape index (κ3) is 2.91. The Labute approximate surface area is 92.0 Å². The van der Waals surface area contributed by atoms with Crippen LogP contribution in [0, 0.1) is 0 Å². The van der Waals surface area contributed by atoms with Crippen molar-refractivity contribution in [3.05, 3.63) is 47.5 Å². The monoisotopic (exact) mass is 204 g/mol. The smallest absolute Gasteiger partial charge is 0.0787 e. The average Bonchev–Trinajstić information content (AvgIpc) is 2.17. The third-order valence-corrected chi connectivity index (χ3v) is 2.51. The van der Waals surface area contributed by atoms with Crippen LogP contribution in [-0.4, -0.2) is 0 Å². The van der Waals surface area contributed by atoms with Crippen molar-refractivity contribution in [2.45, 2.75) is 32.4 Å². The Balaban J connectivity index is 3.14. The first-order valence-corrected chi connectivity index (χ1v) is 5.31. The first kappa shape index (κ1) is 12.0. The number of hydrogen-bond donors (Lipinski definition) is 2. The predicted molar refractivity (Wildman–Crippen MR) is 65.5 cm³/mol. The van der Waals surface area contributed by atoms with Gasteiger partial charge in [0, 0.05) is 0 Å². The molecular formula is C13H20N2. The van der Waals surface area contributed by atoms with E-state index in [1.807, 2.05) is 12.1 Å². The van der Waals surface area contributed by atoms with Crippen LogP contribution >= 0.6 is 0 Å². The van der Waals surface area contributed by atoms with E-state index in [2.05, 4.69) is 32.6 Å². The van der Waals surface area contributed by atoms with Gasteiger partial charge in [-0.15, -0.1) is 6.58 Å². The first-order valence-electron chi connectivity index (χ1n) is 5.31. The molecule has 0 radical (unpaired) electrons. The molecule has 0 aliphatic heterocycles. The lowest BCUT2D eigenvalue weighted by molar-refractivity contribution is 0.734. The van der Waals surface area contributed by atoms with Crippen LogP contribution in [0.25, 0.3) is 0 Å². The van der Waals surface area contributed by atoms with E-state index in [0.29, 0.717) is 5.92 Å². The van der Waals surface area contributed by atoms with E-state index in [0.717, 1.165) is 12.0 Å². The summed E-state index contributed by atoms with van der Waals surface area (Å²) in [5, 5.41) is 0. The van der Waals surface area contributed by atoms with Gasteiger partial charge in [0.05, 0.1) is 6.17 Å². The molecule has 0 fully saturated rings. The van der Waals surface area contributed by atoms with Crippen LogP contribution in [0.3, 0.4) is 0 Å². The Bertz CT molecular complexity index is 340. The van der Waals surface area contributed by atoms with Crippen LogP contribution in [0.5, 0.6) is 0 Å². The molecule has 0 amide bonds. The van der Waals surface area contributed by atoms with Gasteiger partial charge in [-0.3, -0.25) is 0 Å². The summed E-state index contributed by atoms with van der Waals surface area (Å²) in [6.07, 6.45) is 2.40. The topological polar surface area (TPSA) is 52.0 Å². The van der Waals surface area contributed by atoms with E-state index in [1.165, 1.54) is 11.1 Å². The summed E-state index contributed by atoms with van der Waals surface area (Å²) >= 11 is 0. The van der Waals surface area contributed by atoms with Crippen LogP contribution < -0.4 is 11.5 Å². The van der Waals surface area contributed by atoms with Crippen molar-refractivity contribution in [3.63, 3.8) is 0 Å². The highest BCUT2D eigenvalue weighted by molar-refractivity contribution is 5.36. The second kappa shape index (κ2) is 5.10. The van der Waals surface area contributed by atoms with Crippen molar-refractivity contribution in [2.75, 3.05) is 0 Å². The molecule has 4 N–H and O–H groups in total. The van der Waals surface area contributed by atoms with Crippen LogP contribution in [0.1, 0.15) is 42.6 Å². The van der Waals surface area contributed by atoms with Gasteiger partial charge in [-0.25, -0.2) is 0 Å². The summed E-state index contributed by atoms with van der Waals surface area (Å²) in [5.74, 6) is 0.444. The van der Waals surface area contributed by atoms with Gasteiger partial charge in [-0.05, 0) is 29.0 Å². The van der Waals surface area contributed by atoms with Crippen molar-refractivity contribution < 1.29 is 0 Å². The zero-order valence-electron chi connectivity index (χ0n) is 9.53. The largest absolute Gasteiger partial charge is 0.312 e. The highest BCUT2D eigenvalue weighted by Crippen LogP contribution is 2.23. The van der Waals surface area contributed by atoms with Crippen LogP contribution in [0.4, 0.5) is 0 Å². The summed E-state index contributed by atoms with van der Waals surface area (Å²) < 4.78 is 0. The Morgan fingerprint density at radius 1 is 1.27 bits per heavy atom. The minimum absolute atomic E-state index is 0.389. The number of nitrogens with two attached hydrogens (primary N) is 2. The van der Waals surface area contributed by atoms with E-state index in [4.69, 9.17) is 11.5 Å². The molecule has 82 valence electrons. The lowest BCUT2D eigenvalue weighted by atomic mass is 9.93. The molecular weight excluding hydrogens is 184 g/mol. The molecule has 0 aliphatic carbocycles. The number of allylic oxidation sites excluding steroid dienone is 1. The quantitative estimate of drug-likeness (QED) is 0.584. The van der Waals surface area contributed by atoms with E-state index < -0.39 is 0 Å². The molecule has 0 heterocycles. The Morgan fingerprint density at radius 3 is 2.40 bits per heavy atom. The Kier molecular flexibility index (Phi) is 4.06. The van der Waals surface area contributed by atoms with Crippen molar-refractivity contribution in [1.29, 1.82) is 0 Å². The summed E-state index contributed by atoms with van der Waals surface area (Å²) in [4.78, 5) is 0. The van der Waals surface area contributed by atoms with Gasteiger partial charge in [0.1, 0.15) is 0 Å². The van der Waals surface area contributed by atoms with Crippen LogP contribution in [0.2, 0.25) is 0 Å². The third-order valence-electron chi connectivity index (χ3n) is 2.51. The fraction of sp³-hybridized carbons (Fsp3) is 0.385. The molecule has 0 atom stereocenters. The highest BCUT2D eigenvalue weighted by atomic mass is 14.8. The maximum atomic E-state index is 5.73. The molecule has 15 heavy (non-hydrogen) atoms. The fourth-order valence-electron chi connectivity index (χ4n) is 1.72. The minimum Gasteiger partial charge on any atom is -0.312 e. The van der Waals surface area contributed by atoms with Gasteiger partial charge in [-0.1, -0.05) is 38.1 Å². The van der Waals surface area contributed by atoms with Crippen molar-refractivity contribution in [2.24, 2.45) is 11.5 Å². The van der Waals surface area contributed by atoms with E-state index in [-0.39, 0.29) is 6.17 Å². The van der Waals surface area contributed by atoms with Gasteiger partial charge >= 0.3 is 0 Å². The van der Waals surface area contributed by atoms with Gasteiger partial charge < -0.3 is 11.5 Å². The molecule has 2 nitrogen and oxygen atoms in total. The molecule has 0 aliphatic rings. The number of hydrogen-bond acceptors (Lipinski definition) is 2. The molecule has 0 unspecified atom stereocenters. The van der Waals surface area contributed by atoms with E-state index >= 15 is 0 Å². The Hall–Kier alpha value is -1.12. The van der Waals surface area contributed by atoms with Gasteiger partial charge in [0.2, 0.25) is 0 Å². The lowest BCUT2D eigenvalue weighted by Gasteiger charge is -2.16. The molecule has 0 saturated heterocycles. The zero-order chi connectivity index (χ0) is 11.4. The number of benzene rings is 1. The van der Waals surface area contributed by atoms with E-state index in [9.17, 15) is 0 Å². The molecule has 2 heteroatoms. The average molecular weight is 204 g/mol. The van der Waals surface area contributed by atoms with Crippen LogP contribution in [-0.2, 0) is 6.42 Å². The van der Waals surface area contributed by atoms with Crippen molar-refractivity contribution in [3.8, 4) is 0 Å². The minimum atomic E-state index is -0.389. The standard InChI is InChI=1S/C13H20N2/c1-4-5-10-6-7-11(13(14)15)12(8-10)9(2)3/h4,6-9,13H,1,5,14-15H2,2-3H3. The zero-order valence-corrected chi connectivity index (χ0v) is 9.53. The molecule has 1 aromatic carbocycles. The maximum absolute atomic E-state index is 5.73. The fourth-order valence-corrected chi connectivity index (χ4v) is 1.72. The normalized spacial score (nSPS) is 11.1. The molecule has 0 bridgehead atoms. The van der Waals surface area contributed by atoms with Gasteiger partial charge in [0.25, 0.3) is 0 Å². The molecule has 0 saturated carbocycles.